The molecule has 1 fully saturated rings. The second-order valence-corrected chi connectivity index (χ2v) is 6.76. The fourth-order valence-electron chi connectivity index (χ4n) is 4.10. The number of aromatic nitrogens is 1. The van der Waals surface area contributed by atoms with Gasteiger partial charge in [-0.2, -0.15) is 0 Å². The number of aryl methyl sites for hydroxylation is 1. The van der Waals surface area contributed by atoms with Gasteiger partial charge in [0.1, 0.15) is 0 Å². The number of fused-ring (bicyclic) bond motifs is 1. The van der Waals surface area contributed by atoms with Crippen LogP contribution < -0.4 is 5.73 Å². The Morgan fingerprint density at radius 2 is 2.00 bits per heavy atom. The van der Waals surface area contributed by atoms with Crippen LogP contribution in [-0.4, -0.2) is 29.1 Å². The monoisotopic (exact) mass is 275 g/mol. The van der Waals surface area contributed by atoms with E-state index in [4.69, 9.17) is 5.73 Å². The highest BCUT2D eigenvalue weighted by Gasteiger charge is 2.23. The standard InChI is InChI=1S/C17H29N3/c1-13-12-15-16(18)8-5-9-17(15)20(13)11-10-19(2)14-6-3-4-7-14/h12,14,16H,3-11,18H2,1-2H3. The molecule has 0 saturated heterocycles. The molecule has 0 aliphatic heterocycles. The molecule has 0 spiro atoms. The van der Waals surface area contributed by atoms with E-state index >= 15 is 0 Å². The highest BCUT2D eigenvalue weighted by molar-refractivity contribution is 5.32. The van der Waals surface area contributed by atoms with Crippen LogP contribution in [0.25, 0.3) is 0 Å². The van der Waals surface area contributed by atoms with Crippen LogP contribution in [0.3, 0.4) is 0 Å². The molecular formula is C17H29N3. The molecule has 3 nitrogen and oxygen atoms in total. The molecule has 0 aromatic carbocycles. The molecule has 2 aliphatic rings. The van der Waals surface area contributed by atoms with Crippen molar-refractivity contribution in [3.63, 3.8) is 0 Å². The van der Waals surface area contributed by atoms with Gasteiger partial charge in [0, 0.05) is 36.6 Å². The molecule has 0 amide bonds. The third-order valence-electron chi connectivity index (χ3n) is 5.40. The van der Waals surface area contributed by atoms with E-state index in [1.54, 1.807) is 0 Å². The SMILES string of the molecule is Cc1cc2c(n1CCN(C)C1CCCC1)CCCC2N. The molecule has 2 N–H and O–H groups in total. The summed E-state index contributed by atoms with van der Waals surface area (Å²) >= 11 is 0. The lowest BCUT2D eigenvalue weighted by atomic mass is 9.93. The first-order valence-electron chi connectivity index (χ1n) is 8.31. The second kappa shape index (κ2) is 5.90. The lowest BCUT2D eigenvalue weighted by Crippen LogP contribution is -2.32. The van der Waals surface area contributed by atoms with Crippen LogP contribution in [0.15, 0.2) is 6.07 Å². The third-order valence-corrected chi connectivity index (χ3v) is 5.40. The van der Waals surface area contributed by atoms with E-state index in [2.05, 4.69) is 29.5 Å². The lowest BCUT2D eigenvalue weighted by Gasteiger charge is -2.26. The molecule has 2 aliphatic carbocycles. The van der Waals surface area contributed by atoms with Crippen molar-refractivity contribution in [1.82, 2.24) is 9.47 Å². The zero-order chi connectivity index (χ0) is 14.1. The molecule has 3 rings (SSSR count). The Kier molecular flexibility index (Phi) is 4.18. The summed E-state index contributed by atoms with van der Waals surface area (Å²) in [5.74, 6) is 0. The van der Waals surface area contributed by atoms with Crippen molar-refractivity contribution in [2.75, 3.05) is 13.6 Å². The predicted octanol–water partition coefficient (Wildman–Crippen LogP) is 3.01. The molecule has 0 radical (unpaired) electrons. The van der Waals surface area contributed by atoms with E-state index in [1.807, 2.05) is 0 Å². The number of nitrogens with two attached hydrogens (primary N) is 1. The third kappa shape index (κ3) is 2.66. The first-order valence-corrected chi connectivity index (χ1v) is 8.31. The van der Waals surface area contributed by atoms with Gasteiger partial charge in [-0.15, -0.1) is 0 Å². The van der Waals surface area contributed by atoms with Crippen LogP contribution in [0, 0.1) is 6.92 Å². The van der Waals surface area contributed by atoms with E-state index in [1.165, 1.54) is 62.0 Å². The van der Waals surface area contributed by atoms with Gasteiger partial charge in [-0.3, -0.25) is 0 Å². The fourth-order valence-corrected chi connectivity index (χ4v) is 4.10. The Morgan fingerprint density at radius 3 is 2.75 bits per heavy atom. The van der Waals surface area contributed by atoms with Crippen molar-refractivity contribution in [3.8, 4) is 0 Å². The smallest absolute Gasteiger partial charge is 0.0352 e. The summed E-state index contributed by atoms with van der Waals surface area (Å²) in [6, 6.07) is 3.42. The normalized spacial score (nSPS) is 23.5. The Labute approximate surface area is 123 Å². The van der Waals surface area contributed by atoms with Gasteiger partial charge in [-0.1, -0.05) is 12.8 Å². The van der Waals surface area contributed by atoms with E-state index in [9.17, 15) is 0 Å². The van der Waals surface area contributed by atoms with Crippen LogP contribution in [0.4, 0.5) is 0 Å². The molecule has 112 valence electrons. The van der Waals surface area contributed by atoms with Gasteiger partial charge in [0.25, 0.3) is 0 Å². The van der Waals surface area contributed by atoms with Crippen LogP contribution in [0.1, 0.15) is 61.5 Å². The van der Waals surface area contributed by atoms with Gasteiger partial charge >= 0.3 is 0 Å². The number of hydrogen-bond acceptors (Lipinski definition) is 2. The number of nitrogens with zero attached hydrogens (tertiary/aromatic N) is 2. The number of likely N-dealkylation sites (N-methyl/N-ethyl adjacent to an activating group) is 1. The van der Waals surface area contributed by atoms with Gasteiger partial charge in [-0.05, 0) is 57.7 Å². The molecule has 1 unspecified atom stereocenters. The minimum absolute atomic E-state index is 0.270. The summed E-state index contributed by atoms with van der Waals surface area (Å²) in [5, 5.41) is 0. The molecule has 1 atom stereocenters. The van der Waals surface area contributed by atoms with Gasteiger partial charge in [0.15, 0.2) is 0 Å². The van der Waals surface area contributed by atoms with Gasteiger partial charge in [0.2, 0.25) is 0 Å². The highest BCUT2D eigenvalue weighted by atomic mass is 15.2. The van der Waals surface area contributed by atoms with Crippen molar-refractivity contribution in [3.05, 3.63) is 23.0 Å². The zero-order valence-electron chi connectivity index (χ0n) is 13.1. The first-order chi connectivity index (χ1) is 9.66. The average molecular weight is 275 g/mol. The largest absolute Gasteiger partial charge is 0.347 e. The Bertz CT molecular complexity index is 457. The summed E-state index contributed by atoms with van der Waals surface area (Å²) in [6.07, 6.45) is 9.23. The van der Waals surface area contributed by atoms with Crippen LogP contribution >= 0.6 is 0 Å². The summed E-state index contributed by atoms with van der Waals surface area (Å²) < 4.78 is 2.53. The van der Waals surface area contributed by atoms with Crippen LogP contribution in [0.5, 0.6) is 0 Å². The lowest BCUT2D eigenvalue weighted by molar-refractivity contribution is 0.235. The maximum absolute atomic E-state index is 6.26. The van der Waals surface area contributed by atoms with Crippen LogP contribution in [-0.2, 0) is 13.0 Å². The topological polar surface area (TPSA) is 34.2 Å². The van der Waals surface area contributed by atoms with E-state index in [0.29, 0.717) is 0 Å². The van der Waals surface area contributed by atoms with E-state index in [-0.39, 0.29) is 6.04 Å². The summed E-state index contributed by atoms with van der Waals surface area (Å²) in [5.41, 5.74) is 10.6. The van der Waals surface area contributed by atoms with E-state index in [0.717, 1.165) is 19.0 Å². The first kappa shape index (κ1) is 14.2. The molecule has 1 heterocycles. The summed E-state index contributed by atoms with van der Waals surface area (Å²) in [4.78, 5) is 2.57. The molecule has 1 aromatic heterocycles. The quantitative estimate of drug-likeness (QED) is 0.916. The number of rotatable bonds is 4. The summed E-state index contributed by atoms with van der Waals surface area (Å²) in [6.45, 7) is 4.53. The molecule has 1 aromatic rings. The predicted molar refractivity (Wildman–Crippen MR) is 83.9 cm³/mol. The van der Waals surface area contributed by atoms with Gasteiger partial charge in [0.05, 0.1) is 0 Å². The molecule has 1 saturated carbocycles. The molecule has 3 heteroatoms. The number of hydrogen-bond donors (Lipinski definition) is 1. The summed E-state index contributed by atoms with van der Waals surface area (Å²) in [7, 11) is 2.30. The van der Waals surface area contributed by atoms with E-state index < -0.39 is 0 Å². The second-order valence-electron chi connectivity index (χ2n) is 6.76. The minimum Gasteiger partial charge on any atom is -0.347 e. The maximum Gasteiger partial charge on any atom is 0.0352 e. The zero-order valence-corrected chi connectivity index (χ0v) is 13.1. The van der Waals surface area contributed by atoms with Crippen molar-refractivity contribution in [2.24, 2.45) is 5.73 Å². The molecule has 20 heavy (non-hydrogen) atoms. The fraction of sp³-hybridized carbons (Fsp3) is 0.765. The Hall–Kier alpha value is -0.800. The van der Waals surface area contributed by atoms with Crippen molar-refractivity contribution >= 4 is 0 Å². The Balaban J connectivity index is 1.68. The van der Waals surface area contributed by atoms with Gasteiger partial charge in [-0.25, -0.2) is 0 Å². The molecule has 0 bridgehead atoms. The van der Waals surface area contributed by atoms with Crippen molar-refractivity contribution in [2.45, 2.75) is 70.5 Å². The van der Waals surface area contributed by atoms with Gasteiger partial charge < -0.3 is 15.2 Å². The maximum atomic E-state index is 6.26. The molecular weight excluding hydrogens is 246 g/mol. The highest BCUT2D eigenvalue weighted by Crippen LogP contribution is 2.31. The van der Waals surface area contributed by atoms with Crippen molar-refractivity contribution < 1.29 is 0 Å². The van der Waals surface area contributed by atoms with Crippen LogP contribution in [0.2, 0.25) is 0 Å². The average Bonchev–Trinajstić information content (AvgIpc) is 3.05. The minimum atomic E-state index is 0.270. The van der Waals surface area contributed by atoms with Crippen molar-refractivity contribution in [1.29, 1.82) is 0 Å². The Morgan fingerprint density at radius 1 is 1.25 bits per heavy atom.